The molecule has 1 aliphatic heterocycles. The molecule has 118 valence electrons. The molecule has 1 aromatic heterocycles. The summed E-state index contributed by atoms with van der Waals surface area (Å²) in [6, 6.07) is 0. The van der Waals surface area contributed by atoms with Crippen LogP contribution < -0.4 is 0 Å². The lowest BCUT2D eigenvalue weighted by atomic mass is 9.88. The number of halogens is 1. The molecule has 8 heteroatoms. The Hall–Kier alpha value is -1.08. The van der Waals surface area contributed by atoms with E-state index in [9.17, 15) is 18.3 Å². The van der Waals surface area contributed by atoms with Gasteiger partial charge in [-0.3, -0.25) is 9.48 Å². The fraction of sp³-hybridized carbons (Fsp3) is 0.692. The number of hydrogen-bond donors (Lipinski definition) is 1. The molecule has 0 bridgehead atoms. The van der Waals surface area contributed by atoms with E-state index in [2.05, 4.69) is 5.10 Å². The molecule has 1 aromatic rings. The summed E-state index contributed by atoms with van der Waals surface area (Å²) in [5.74, 6) is -2.07. The Labute approximate surface area is 129 Å². The number of carboxylic acids is 1. The van der Waals surface area contributed by atoms with Crippen molar-refractivity contribution in [2.24, 2.45) is 11.8 Å². The van der Waals surface area contributed by atoms with Crippen LogP contribution in [0.1, 0.15) is 24.7 Å². The van der Waals surface area contributed by atoms with Crippen molar-refractivity contribution in [3.8, 4) is 0 Å². The summed E-state index contributed by atoms with van der Waals surface area (Å²) in [7, 11) is -3.11. The third-order valence-corrected chi connectivity index (χ3v) is 6.31. The van der Waals surface area contributed by atoms with Crippen LogP contribution in [0.2, 0.25) is 5.02 Å². The minimum atomic E-state index is -3.11. The van der Waals surface area contributed by atoms with Crippen LogP contribution in [-0.4, -0.2) is 40.8 Å². The van der Waals surface area contributed by atoms with E-state index in [1.54, 1.807) is 11.6 Å². The topological polar surface area (TPSA) is 89.3 Å². The summed E-state index contributed by atoms with van der Waals surface area (Å²) in [5.41, 5.74) is 1.34. The molecule has 1 aliphatic rings. The monoisotopic (exact) mass is 334 g/mol. The number of aliphatic carboxylic acids is 1. The fourth-order valence-electron chi connectivity index (χ4n) is 2.87. The first-order valence-corrected chi connectivity index (χ1v) is 9.10. The van der Waals surface area contributed by atoms with Gasteiger partial charge in [0.1, 0.15) is 0 Å². The molecule has 1 N–H and O–H groups in total. The minimum absolute atomic E-state index is 0.0547. The second-order valence-electron chi connectivity index (χ2n) is 5.47. The Morgan fingerprint density at radius 3 is 2.71 bits per heavy atom. The predicted octanol–water partition coefficient (Wildman–Crippen LogP) is 1.54. The molecule has 2 heterocycles. The van der Waals surface area contributed by atoms with Crippen LogP contribution in [0.5, 0.6) is 0 Å². The van der Waals surface area contributed by atoms with E-state index in [1.807, 2.05) is 6.92 Å². The zero-order chi connectivity index (χ0) is 15.8. The summed E-state index contributed by atoms with van der Waals surface area (Å²) in [6.07, 6.45) is 0.610. The Morgan fingerprint density at radius 1 is 1.57 bits per heavy atom. The van der Waals surface area contributed by atoms with E-state index in [4.69, 9.17) is 11.6 Å². The van der Waals surface area contributed by atoms with Crippen LogP contribution >= 0.6 is 11.6 Å². The highest BCUT2D eigenvalue weighted by Crippen LogP contribution is 2.31. The quantitative estimate of drug-likeness (QED) is 0.882. The Balaban J connectivity index is 2.28. The van der Waals surface area contributed by atoms with Crippen molar-refractivity contribution in [2.45, 2.75) is 33.2 Å². The van der Waals surface area contributed by atoms with Crippen molar-refractivity contribution < 1.29 is 18.3 Å². The first-order chi connectivity index (χ1) is 9.75. The zero-order valence-corrected chi connectivity index (χ0v) is 13.6. The van der Waals surface area contributed by atoms with Crippen LogP contribution in [0.25, 0.3) is 0 Å². The number of rotatable bonds is 5. The highest BCUT2D eigenvalue weighted by atomic mass is 35.5. The van der Waals surface area contributed by atoms with E-state index >= 15 is 0 Å². The van der Waals surface area contributed by atoms with Gasteiger partial charge in [0.05, 0.1) is 33.8 Å². The first-order valence-electron chi connectivity index (χ1n) is 6.90. The van der Waals surface area contributed by atoms with Crippen LogP contribution in [0.15, 0.2) is 0 Å². The highest BCUT2D eigenvalue weighted by Gasteiger charge is 2.38. The lowest BCUT2D eigenvalue weighted by Crippen LogP contribution is -2.27. The third kappa shape index (κ3) is 3.40. The summed E-state index contributed by atoms with van der Waals surface area (Å²) in [5, 5.41) is 14.2. The molecule has 0 aromatic carbocycles. The minimum Gasteiger partial charge on any atom is -0.481 e. The van der Waals surface area contributed by atoms with E-state index in [-0.39, 0.29) is 23.8 Å². The van der Waals surface area contributed by atoms with Gasteiger partial charge in [0.15, 0.2) is 9.84 Å². The molecule has 1 fully saturated rings. The molecule has 0 amide bonds. The number of aryl methyl sites for hydroxylation is 2. The number of carbonyl (C=O) groups is 1. The lowest BCUT2D eigenvalue weighted by Gasteiger charge is -2.18. The third-order valence-electron chi connectivity index (χ3n) is 4.02. The van der Waals surface area contributed by atoms with Crippen LogP contribution in [-0.2, 0) is 27.6 Å². The normalized spacial score (nSPS) is 22.3. The van der Waals surface area contributed by atoms with Gasteiger partial charge in [-0.15, -0.1) is 0 Å². The van der Waals surface area contributed by atoms with E-state index in [0.29, 0.717) is 29.4 Å². The van der Waals surface area contributed by atoms with Gasteiger partial charge < -0.3 is 5.11 Å². The SMILES string of the molecule is CCn1nc(C)c(Cl)c1CC(C(=O)O)C1CCS(=O)(=O)C1. The summed E-state index contributed by atoms with van der Waals surface area (Å²) < 4.78 is 24.8. The number of sulfone groups is 1. The average Bonchev–Trinajstić information content (AvgIpc) is 2.88. The van der Waals surface area contributed by atoms with Crippen molar-refractivity contribution in [3.05, 3.63) is 16.4 Å². The van der Waals surface area contributed by atoms with Crippen molar-refractivity contribution in [1.29, 1.82) is 0 Å². The molecule has 1 saturated heterocycles. The largest absolute Gasteiger partial charge is 0.481 e. The molecule has 21 heavy (non-hydrogen) atoms. The van der Waals surface area contributed by atoms with Crippen LogP contribution in [0, 0.1) is 18.8 Å². The second-order valence-corrected chi connectivity index (χ2v) is 8.08. The van der Waals surface area contributed by atoms with Crippen molar-refractivity contribution >= 4 is 27.4 Å². The summed E-state index contributed by atoms with van der Waals surface area (Å²) in [6.45, 7) is 4.27. The number of aromatic nitrogens is 2. The maximum atomic E-state index is 11.6. The van der Waals surface area contributed by atoms with Crippen LogP contribution in [0.3, 0.4) is 0 Å². The molecular formula is C13H19ClN2O4S. The van der Waals surface area contributed by atoms with Gasteiger partial charge in [-0.05, 0) is 26.2 Å². The molecular weight excluding hydrogens is 316 g/mol. The van der Waals surface area contributed by atoms with Crippen molar-refractivity contribution in [2.75, 3.05) is 11.5 Å². The van der Waals surface area contributed by atoms with Crippen molar-refractivity contribution in [3.63, 3.8) is 0 Å². The van der Waals surface area contributed by atoms with Crippen LogP contribution in [0.4, 0.5) is 0 Å². The average molecular weight is 335 g/mol. The smallest absolute Gasteiger partial charge is 0.307 e. The van der Waals surface area contributed by atoms with Crippen molar-refractivity contribution in [1.82, 2.24) is 9.78 Å². The van der Waals surface area contributed by atoms with E-state index in [1.165, 1.54) is 0 Å². The first kappa shape index (κ1) is 16.3. The Kier molecular flexibility index (Phi) is 4.63. The Morgan fingerprint density at radius 2 is 2.24 bits per heavy atom. The fourth-order valence-corrected chi connectivity index (χ4v) is 4.96. The van der Waals surface area contributed by atoms with Gasteiger partial charge in [0.25, 0.3) is 0 Å². The maximum Gasteiger partial charge on any atom is 0.307 e. The highest BCUT2D eigenvalue weighted by molar-refractivity contribution is 7.91. The molecule has 6 nitrogen and oxygen atoms in total. The van der Waals surface area contributed by atoms with E-state index in [0.717, 1.165) is 0 Å². The van der Waals surface area contributed by atoms with Gasteiger partial charge in [-0.2, -0.15) is 5.10 Å². The summed E-state index contributed by atoms with van der Waals surface area (Å²) >= 11 is 6.21. The number of carboxylic acid groups (broad SMARTS) is 1. The molecule has 2 rings (SSSR count). The van der Waals surface area contributed by atoms with Gasteiger partial charge in [-0.25, -0.2) is 8.42 Å². The zero-order valence-electron chi connectivity index (χ0n) is 12.0. The summed E-state index contributed by atoms with van der Waals surface area (Å²) in [4.78, 5) is 11.6. The predicted molar refractivity (Wildman–Crippen MR) is 79.2 cm³/mol. The molecule has 0 aliphatic carbocycles. The molecule has 0 spiro atoms. The number of hydrogen-bond acceptors (Lipinski definition) is 4. The lowest BCUT2D eigenvalue weighted by molar-refractivity contribution is -0.143. The Bertz CT molecular complexity index is 653. The van der Waals surface area contributed by atoms with Gasteiger partial charge >= 0.3 is 5.97 Å². The van der Waals surface area contributed by atoms with E-state index < -0.39 is 21.7 Å². The molecule has 2 unspecified atom stereocenters. The molecule has 2 atom stereocenters. The van der Waals surface area contributed by atoms with Gasteiger partial charge in [0.2, 0.25) is 0 Å². The maximum absolute atomic E-state index is 11.6. The second kappa shape index (κ2) is 5.96. The number of nitrogens with zero attached hydrogens (tertiary/aromatic N) is 2. The van der Waals surface area contributed by atoms with Gasteiger partial charge in [-0.1, -0.05) is 11.6 Å². The molecule has 0 saturated carbocycles. The molecule has 0 radical (unpaired) electrons. The van der Waals surface area contributed by atoms with Gasteiger partial charge in [0, 0.05) is 13.0 Å². The standard InChI is InChI=1S/C13H19ClN2O4S/c1-3-16-11(12(14)8(2)15-16)6-10(13(17)18)9-4-5-21(19,20)7-9/h9-10H,3-7H2,1-2H3,(H,17,18).